The Balaban J connectivity index is 1.69. The van der Waals surface area contributed by atoms with Gasteiger partial charge in [-0.2, -0.15) is 0 Å². The van der Waals surface area contributed by atoms with E-state index in [0.29, 0.717) is 28.5 Å². The van der Waals surface area contributed by atoms with Crippen LogP contribution in [0.2, 0.25) is 5.02 Å². The van der Waals surface area contributed by atoms with Crippen LogP contribution in [0.15, 0.2) is 42.5 Å². The lowest BCUT2D eigenvalue weighted by molar-refractivity contribution is 0.262. The van der Waals surface area contributed by atoms with Gasteiger partial charge < -0.3 is 20.3 Å². The number of hydrogen-bond acceptors (Lipinski definition) is 3. The first-order chi connectivity index (χ1) is 10.1. The molecule has 2 amide bonds. The highest BCUT2D eigenvalue weighted by atomic mass is 35.5. The molecule has 1 aliphatic heterocycles. The third-order valence-corrected chi connectivity index (χ3v) is 3.38. The van der Waals surface area contributed by atoms with Gasteiger partial charge >= 0.3 is 13.1 Å². The van der Waals surface area contributed by atoms with Crippen LogP contribution >= 0.6 is 11.6 Å². The van der Waals surface area contributed by atoms with E-state index in [1.807, 2.05) is 6.07 Å². The van der Waals surface area contributed by atoms with Crippen molar-refractivity contribution in [3.05, 3.63) is 53.1 Å². The van der Waals surface area contributed by atoms with Crippen molar-refractivity contribution >= 4 is 41.6 Å². The number of urea groups is 1. The Bertz CT molecular complexity index is 696. The van der Waals surface area contributed by atoms with E-state index < -0.39 is 7.12 Å². The molecule has 0 atom stereocenters. The Morgan fingerprint density at radius 3 is 2.71 bits per heavy atom. The fourth-order valence-electron chi connectivity index (χ4n) is 2.15. The Morgan fingerprint density at radius 2 is 1.95 bits per heavy atom. The second kappa shape index (κ2) is 5.77. The summed E-state index contributed by atoms with van der Waals surface area (Å²) in [7, 11) is -0.933. The number of hydrogen-bond donors (Lipinski definition) is 3. The third-order valence-electron chi connectivity index (χ3n) is 3.15. The van der Waals surface area contributed by atoms with E-state index in [9.17, 15) is 9.82 Å². The molecule has 2 aromatic rings. The van der Waals surface area contributed by atoms with Crippen LogP contribution in [-0.2, 0) is 11.3 Å². The summed E-state index contributed by atoms with van der Waals surface area (Å²) in [5.74, 6) is 0. The van der Waals surface area contributed by atoms with Crippen LogP contribution in [0.4, 0.5) is 16.2 Å². The highest BCUT2D eigenvalue weighted by Crippen LogP contribution is 2.17. The predicted molar refractivity (Wildman–Crippen MR) is 82.9 cm³/mol. The second-order valence-corrected chi connectivity index (χ2v) is 5.10. The Morgan fingerprint density at radius 1 is 1.19 bits per heavy atom. The lowest BCUT2D eigenvalue weighted by atomic mass is 9.79. The van der Waals surface area contributed by atoms with Crippen molar-refractivity contribution in [2.75, 3.05) is 10.6 Å². The van der Waals surface area contributed by atoms with Gasteiger partial charge in [-0.1, -0.05) is 23.7 Å². The molecule has 0 fully saturated rings. The topological polar surface area (TPSA) is 70.6 Å². The molecule has 0 unspecified atom stereocenters. The average molecular weight is 303 g/mol. The van der Waals surface area contributed by atoms with E-state index in [1.165, 1.54) is 0 Å². The highest BCUT2D eigenvalue weighted by Gasteiger charge is 2.27. The van der Waals surface area contributed by atoms with Crippen LogP contribution in [0, 0.1) is 0 Å². The van der Waals surface area contributed by atoms with Crippen molar-refractivity contribution in [3.63, 3.8) is 0 Å². The summed E-state index contributed by atoms with van der Waals surface area (Å²) >= 11 is 5.86. The van der Waals surface area contributed by atoms with Gasteiger partial charge in [0.05, 0.1) is 6.61 Å². The molecule has 0 bridgehead atoms. The Hall–Kier alpha value is -2.02. The maximum absolute atomic E-state index is 11.9. The molecule has 5 nitrogen and oxygen atoms in total. The molecular weight excluding hydrogens is 290 g/mol. The third kappa shape index (κ3) is 3.18. The summed E-state index contributed by atoms with van der Waals surface area (Å²) in [4.78, 5) is 11.9. The summed E-state index contributed by atoms with van der Waals surface area (Å²) < 4.78 is 5.10. The minimum atomic E-state index is -0.933. The quantitative estimate of drug-likeness (QED) is 0.745. The van der Waals surface area contributed by atoms with E-state index in [0.717, 1.165) is 5.56 Å². The SMILES string of the molecule is O=C(Nc1cccc(Cl)c1)Nc1ccc2c(c1)B(O)OC2. The number of benzene rings is 2. The van der Waals surface area contributed by atoms with Crippen molar-refractivity contribution in [1.29, 1.82) is 0 Å². The van der Waals surface area contributed by atoms with Crippen molar-refractivity contribution in [1.82, 2.24) is 0 Å². The van der Waals surface area contributed by atoms with Crippen LogP contribution in [0.25, 0.3) is 0 Å². The molecule has 1 aliphatic rings. The van der Waals surface area contributed by atoms with Gasteiger partial charge in [-0.05, 0) is 41.4 Å². The zero-order valence-electron chi connectivity index (χ0n) is 11.0. The summed E-state index contributed by atoms with van der Waals surface area (Å²) in [6, 6.07) is 11.8. The van der Waals surface area contributed by atoms with E-state index >= 15 is 0 Å². The number of amides is 2. The standard InChI is InChI=1S/C14H12BClN2O3/c16-10-2-1-3-11(6-10)17-14(19)18-12-5-4-9-8-21-15(20)13(9)7-12/h1-7,20H,8H2,(H2,17,18,19). The van der Waals surface area contributed by atoms with Crippen LogP contribution < -0.4 is 16.1 Å². The normalized spacial score (nSPS) is 13.0. The molecule has 3 rings (SSSR count). The lowest BCUT2D eigenvalue weighted by Gasteiger charge is -2.09. The molecule has 7 heteroatoms. The number of nitrogens with one attached hydrogen (secondary N) is 2. The number of rotatable bonds is 2. The molecule has 21 heavy (non-hydrogen) atoms. The first-order valence-electron chi connectivity index (χ1n) is 6.38. The number of halogens is 1. The molecule has 0 saturated heterocycles. The van der Waals surface area contributed by atoms with Crippen molar-refractivity contribution in [3.8, 4) is 0 Å². The van der Waals surface area contributed by atoms with Gasteiger partial charge in [0.25, 0.3) is 0 Å². The molecule has 0 aromatic heterocycles. The van der Waals surface area contributed by atoms with Gasteiger partial charge in [-0.25, -0.2) is 4.79 Å². The fraction of sp³-hybridized carbons (Fsp3) is 0.0714. The van der Waals surface area contributed by atoms with Gasteiger partial charge in [0.15, 0.2) is 0 Å². The minimum absolute atomic E-state index is 0.380. The van der Waals surface area contributed by atoms with Crippen LogP contribution in [0.1, 0.15) is 5.56 Å². The molecule has 3 N–H and O–H groups in total. The maximum Gasteiger partial charge on any atom is 0.491 e. The zero-order chi connectivity index (χ0) is 14.8. The molecule has 1 heterocycles. The first-order valence-corrected chi connectivity index (χ1v) is 6.76. The highest BCUT2D eigenvalue weighted by molar-refractivity contribution is 6.61. The Labute approximate surface area is 127 Å². The van der Waals surface area contributed by atoms with Crippen molar-refractivity contribution in [2.45, 2.75) is 6.61 Å². The van der Waals surface area contributed by atoms with Gasteiger partial charge in [-0.15, -0.1) is 0 Å². The van der Waals surface area contributed by atoms with Crippen LogP contribution in [-0.4, -0.2) is 18.2 Å². The number of fused-ring (bicyclic) bond motifs is 1. The number of carbonyl (C=O) groups is 1. The van der Waals surface area contributed by atoms with Crippen molar-refractivity contribution < 1.29 is 14.5 Å². The lowest BCUT2D eigenvalue weighted by Crippen LogP contribution is -2.29. The molecule has 0 radical (unpaired) electrons. The second-order valence-electron chi connectivity index (χ2n) is 4.67. The summed E-state index contributed by atoms with van der Waals surface area (Å²) in [6.07, 6.45) is 0. The zero-order valence-corrected chi connectivity index (χ0v) is 11.7. The van der Waals surface area contributed by atoms with Gasteiger partial charge in [0.2, 0.25) is 0 Å². The van der Waals surface area contributed by atoms with Crippen LogP contribution in [0.3, 0.4) is 0 Å². The molecule has 0 aliphatic carbocycles. The van der Waals surface area contributed by atoms with Gasteiger partial charge in [0.1, 0.15) is 0 Å². The summed E-state index contributed by atoms with van der Waals surface area (Å²) in [6.45, 7) is 0.380. The molecule has 0 spiro atoms. The van der Waals surface area contributed by atoms with E-state index in [-0.39, 0.29) is 6.03 Å². The summed E-state index contributed by atoms with van der Waals surface area (Å²) in [5, 5.41) is 15.6. The predicted octanol–water partition coefficient (Wildman–Crippen LogP) is 2.20. The van der Waals surface area contributed by atoms with E-state index in [1.54, 1.807) is 36.4 Å². The monoisotopic (exact) mass is 302 g/mol. The minimum Gasteiger partial charge on any atom is -0.423 e. The molecule has 106 valence electrons. The van der Waals surface area contributed by atoms with Crippen LogP contribution in [0.5, 0.6) is 0 Å². The largest absolute Gasteiger partial charge is 0.491 e. The van der Waals surface area contributed by atoms with E-state index in [2.05, 4.69) is 10.6 Å². The van der Waals surface area contributed by atoms with Gasteiger partial charge in [0, 0.05) is 16.4 Å². The Kier molecular flexibility index (Phi) is 3.83. The molecular formula is C14H12BClN2O3. The first kappa shape index (κ1) is 13.9. The smallest absolute Gasteiger partial charge is 0.423 e. The molecule has 0 saturated carbocycles. The fourth-order valence-corrected chi connectivity index (χ4v) is 2.34. The van der Waals surface area contributed by atoms with E-state index in [4.69, 9.17) is 16.3 Å². The van der Waals surface area contributed by atoms with Crippen molar-refractivity contribution in [2.24, 2.45) is 0 Å². The average Bonchev–Trinajstić information content (AvgIpc) is 2.80. The maximum atomic E-state index is 11.9. The summed E-state index contributed by atoms with van der Waals surface area (Å²) in [5.41, 5.74) is 2.78. The number of anilines is 2. The number of carbonyl (C=O) groups excluding carboxylic acids is 1. The van der Waals surface area contributed by atoms with Gasteiger partial charge in [-0.3, -0.25) is 0 Å². The molecule has 2 aromatic carbocycles.